The van der Waals surface area contributed by atoms with Crippen LogP contribution in [0, 0.1) is 5.92 Å². The molecule has 2 bridgehead atoms. The van der Waals surface area contributed by atoms with E-state index in [9.17, 15) is 4.79 Å². The van der Waals surface area contributed by atoms with Crippen molar-refractivity contribution in [1.29, 1.82) is 0 Å². The Labute approximate surface area is 197 Å². The van der Waals surface area contributed by atoms with Gasteiger partial charge in [0.1, 0.15) is 12.4 Å². The average Bonchev–Trinajstić information content (AvgIpc) is 2.84. The van der Waals surface area contributed by atoms with Gasteiger partial charge >= 0.3 is 6.09 Å². The molecule has 2 N–H and O–H groups in total. The molecule has 5 heteroatoms. The molecule has 0 spiro atoms. The summed E-state index contributed by atoms with van der Waals surface area (Å²) in [5.74, 6) is 1.31. The van der Waals surface area contributed by atoms with E-state index in [1.54, 1.807) is 0 Å². The number of carbonyl (C=O) groups is 1. The number of nitrogens with two attached hydrogens (primary N) is 1. The third kappa shape index (κ3) is 4.07. The van der Waals surface area contributed by atoms with Gasteiger partial charge in [-0.1, -0.05) is 56.5 Å². The number of unbranched alkanes of at least 4 members (excludes halogenated alkanes) is 1. The third-order valence-corrected chi connectivity index (χ3v) is 8.16. The number of carbonyl (C=O) groups excluding carboxylic acids is 1. The van der Waals surface area contributed by atoms with E-state index in [0.717, 1.165) is 43.5 Å². The smallest absolute Gasteiger partial charge is 0.410 e. The molecule has 0 radical (unpaired) electrons. The molecule has 0 aromatic heterocycles. The molecule has 5 rings (SSSR count). The van der Waals surface area contributed by atoms with Crippen LogP contribution < -0.4 is 10.5 Å². The van der Waals surface area contributed by atoms with E-state index in [0.29, 0.717) is 24.8 Å². The number of nitrogens with zero attached hydrogens (tertiary/aromatic N) is 1. The Morgan fingerprint density at radius 3 is 2.85 bits per heavy atom. The Kier molecular flexibility index (Phi) is 6.22. The third-order valence-electron chi connectivity index (χ3n) is 8.16. The molecule has 1 saturated carbocycles. The van der Waals surface area contributed by atoms with Crippen molar-refractivity contribution in [3.63, 3.8) is 0 Å². The maximum absolute atomic E-state index is 13.2. The molecule has 2 aromatic rings. The highest BCUT2D eigenvalue weighted by Crippen LogP contribution is 2.56. The van der Waals surface area contributed by atoms with Gasteiger partial charge in [0.15, 0.2) is 0 Å². The monoisotopic (exact) mass is 448 g/mol. The van der Waals surface area contributed by atoms with Crippen LogP contribution in [-0.4, -0.2) is 30.2 Å². The molecule has 1 unspecified atom stereocenters. The van der Waals surface area contributed by atoms with Gasteiger partial charge in [-0.3, -0.25) is 0 Å². The Hall–Kier alpha value is -2.69. The van der Waals surface area contributed by atoms with Crippen LogP contribution in [0.3, 0.4) is 0 Å². The normalized spacial score (nSPS) is 25.7. The molecule has 2 fully saturated rings. The molecule has 2 aromatic carbocycles. The predicted octanol–water partition coefficient (Wildman–Crippen LogP) is 5.84. The lowest BCUT2D eigenvalue weighted by atomic mass is 9.52. The van der Waals surface area contributed by atoms with Gasteiger partial charge in [-0.2, -0.15) is 0 Å². The molecule has 3 aliphatic rings. The Balaban J connectivity index is 1.41. The minimum absolute atomic E-state index is 0.128. The van der Waals surface area contributed by atoms with Crippen LogP contribution >= 0.6 is 0 Å². The number of piperidine rings is 1. The lowest BCUT2D eigenvalue weighted by Crippen LogP contribution is -2.62. The number of amides is 1. The predicted molar refractivity (Wildman–Crippen MR) is 130 cm³/mol. The minimum atomic E-state index is -0.182. The van der Waals surface area contributed by atoms with Crippen molar-refractivity contribution < 1.29 is 14.3 Å². The van der Waals surface area contributed by atoms with E-state index in [-0.39, 0.29) is 17.6 Å². The quantitative estimate of drug-likeness (QED) is 0.445. The SMILES string of the molecule is CCCCOc1cc2c(cc1N)C[C@H]1C3CCCC[C@@]23CCN1C(=O)OCc1ccccc1. The average molecular weight is 449 g/mol. The van der Waals surface area contributed by atoms with Crippen LogP contribution in [0.15, 0.2) is 42.5 Å². The van der Waals surface area contributed by atoms with Crippen molar-refractivity contribution in [2.45, 2.75) is 76.4 Å². The highest BCUT2D eigenvalue weighted by atomic mass is 16.6. The lowest BCUT2D eigenvalue weighted by Gasteiger charge is -2.58. The van der Waals surface area contributed by atoms with Crippen molar-refractivity contribution in [3.8, 4) is 5.75 Å². The number of ether oxygens (including phenoxy) is 2. The number of anilines is 1. The molecular formula is C28H36N2O3. The van der Waals surface area contributed by atoms with Gasteiger partial charge in [0.25, 0.3) is 0 Å². The summed E-state index contributed by atoms with van der Waals surface area (Å²) >= 11 is 0. The van der Waals surface area contributed by atoms with E-state index >= 15 is 0 Å². The maximum atomic E-state index is 13.2. The first-order chi connectivity index (χ1) is 16.1. The molecular weight excluding hydrogens is 412 g/mol. The van der Waals surface area contributed by atoms with Crippen molar-refractivity contribution in [2.75, 3.05) is 18.9 Å². The van der Waals surface area contributed by atoms with Crippen LogP contribution in [0.4, 0.5) is 10.5 Å². The van der Waals surface area contributed by atoms with E-state index in [1.807, 2.05) is 35.2 Å². The van der Waals surface area contributed by atoms with Gasteiger partial charge in [0.2, 0.25) is 0 Å². The van der Waals surface area contributed by atoms with Gasteiger partial charge in [-0.25, -0.2) is 4.79 Å². The van der Waals surface area contributed by atoms with Gasteiger partial charge in [0, 0.05) is 18.0 Å². The summed E-state index contributed by atoms with van der Waals surface area (Å²) in [6, 6.07) is 14.5. The molecule has 5 nitrogen and oxygen atoms in total. The minimum Gasteiger partial charge on any atom is -0.491 e. The fourth-order valence-corrected chi connectivity index (χ4v) is 6.54. The number of hydrogen-bond acceptors (Lipinski definition) is 4. The van der Waals surface area contributed by atoms with E-state index < -0.39 is 0 Å². The first-order valence-corrected chi connectivity index (χ1v) is 12.7. The zero-order valence-electron chi connectivity index (χ0n) is 19.7. The molecule has 33 heavy (non-hydrogen) atoms. The van der Waals surface area contributed by atoms with E-state index in [2.05, 4.69) is 19.1 Å². The first kappa shape index (κ1) is 22.1. The molecule has 2 aliphatic carbocycles. The second kappa shape index (κ2) is 9.28. The summed E-state index contributed by atoms with van der Waals surface area (Å²) < 4.78 is 11.8. The van der Waals surface area contributed by atoms with Crippen LogP contribution in [-0.2, 0) is 23.2 Å². The Morgan fingerprint density at radius 2 is 2.03 bits per heavy atom. The molecule has 3 atom stereocenters. The number of likely N-dealkylation sites (tertiary alicyclic amines) is 1. The topological polar surface area (TPSA) is 64.8 Å². The second-order valence-corrected chi connectivity index (χ2v) is 10.0. The van der Waals surface area contributed by atoms with Crippen LogP contribution in [0.25, 0.3) is 0 Å². The van der Waals surface area contributed by atoms with Crippen molar-refractivity contribution in [2.24, 2.45) is 5.92 Å². The Bertz CT molecular complexity index is 992. The second-order valence-electron chi connectivity index (χ2n) is 10.0. The molecule has 176 valence electrons. The standard InChI is InChI=1S/C28H36N2O3/c1-2-3-15-32-26-18-23-21(16-24(26)29)17-25-22-11-7-8-12-28(22,23)13-14-30(25)27(31)33-19-20-9-5-4-6-10-20/h4-6,9-10,16,18,22,25H,2-3,7-8,11-15,17,19,29H2,1H3/t22?,25-,28-/m0/s1. The maximum Gasteiger partial charge on any atom is 0.410 e. The summed E-state index contributed by atoms with van der Waals surface area (Å²) in [5.41, 5.74) is 11.0. The number of nitrogen functional groups attached to an aromatic ring is 1. The van der Waals surface area contributed by atoms with Crippen molar-refractivity contribution >= 4 is 11.8 Å². The van der Waals surface area contributed by atoms with Gasteiger partial charge in [-0.15, -0.1) is 0 Å². The number of fused-ring (bicyclic) bond motifs is 1. The lowest BCUT2D eigenvalue weighted by molar-refractivity contribution is -0.0137. The summed E-state index contributed by atoms with van der Waals surface area (Å²) in [7, 11) is 0. The fraction of sp³-hybridized carbons (Fsp3) is 0.536. The highest BCUT2D eigenvalue weighted by Gasteiger charge is 2.55. The number of hydrogen-bond donors (Lipinski definition) is 1. The van der Waals surface area contributed by atoms with Crippen molar-refractivity contribution in [1.82, 2.24) is 4.90 Å². The van der Waals surface area contributed by atoms with Crippen LogP contribution in [0.1, 0.15) is 68.6 Å². The highest BCUT2D eigenvalue weighted by molar-refractivity contribution is 5.69. The van der Waals surface area contributed by atoms with Crippen LogP contribution in [0.5, 0.6) is 5.75 Å². The summed E-state index contributed by atoms with van der Waals surface area (Å²) in [6.07, 6.45) is 8.63. The number of rotatable bonds is 6. The number of benzene rings is 2. The molecule has 1 saturated heterocycles. The first-order valence-electron chi connectivity index (χ1n) is 12.7. The Morgan fingerprint density at radius 1 is 1.18 bits per heavy atom. The molecule has 1 aliphatic heterocycles. The summed E-state index contributed by atoms with van der Waals surface area (Å²) in [5, 5.41) is 0. The van der Waals surface area contributed by atoms with E-state index in [4.69, 9.17) is 15.2 Å². The molecule has 1 amide bonds. The van der Waals surface area contributed by atoms with Crippen molar-refractivity contribution in [3.05, 3.63) is 59.2 Å². The van der Waals surface area contributed by atoms with Gasteiger partial charge in [0.05, 0.1) is 12.3 Å². The summed E-state index contributed by atoms with van der Waals surface area (Å²) in [4.78, 5) is 15.2. The molecule has 1 heterocycles. The zero-order valence-corrected chi connectivity index (χ0v) is 19.7. The zero-order chi connectivity index (χ0) is 22.8. The largest absolute Gasteiger partial charge is 0.491 e. The summed E-state index contributed by atoms with van der Waals surface area (Å²) in [6.45, 7) is 3.95. The van der Waals surface area contributed by atoms with Crippen LogP contribution in [0.2, 0.25) is 0 Å². The van der Waals surface area contributed by atoms with Gasteiger partial charge in [-0.05, 0) is 66.8 Å². The fourth-order valence-electron chi connectivity index (χ4n) is 6.54. The van der Waals surface area contributed by atoms with E-state index in [1.165, 1.54) is 36.8 Å². The van der Waals surface area contributed by atoms with Gasteiger partial charge < -0.3 is 20.1 Å².